The van der Waals surface area contributed by atoms with Crippen LogP contribution in [0.15, 0.2) is 18.2 Å². The molecule has 108 valence electrons. The lowest BCUT2D eigenvalue weighted by Gasteiger charge is -2.13. The Hall–Kier alpha value is -1.95. The molecule has 1 fully saturated rings. The molecule has 0 spiro atoms. The number of carboxylic acid groups (broad SMARTS) is 1. The third-order valence-electron chi connectivity index (χ3n) is 3.31. The molecule has 6 heteroatoms. The fourth-order valence-electron chi connectivity index (χ4n) is 2.16. The van der Waals surface area contributed by atoms with Crippen molar-refractivity contribution in [3.05, 3.63) is 35.1 Å². The first-order valence-electron chi connectivity index (χ1n) is 6.40. The van der Waals surface area contributed by atoms with Crippen LogP contribution in [0.3, 0.4) is 0 Å². The van der Waals surface area contributed by atoms with Crippen LogP contribution < -0.4 is 5.32 Å². The largest absolute Gasteiger partial charge is 0.479 e. The van der Waals surface area contributed by atoms with Crippen molar-refractivity contribution in [1.82, 2.24) is 5.32 Å². The molecule has 1 aliphatic heterocycles. The summed E-state index contributed by atoms with van der Waals surface area (Å²) in [5.41, 5.74) is 0.387. The van der Waals surface area contributed by atoms with Crippen molar-refractivity contribution in [2.45, 2.75) is 32.0 Å². The number of rotatable bonds is 4. The third kappa shape index (κ3) is 3.14. The first-order chi connectivity index (χ1) is 9.49. The molecule has 1 aromatic carbocycles. The topological polar surface area (TPSA) is 75.6 Å². The van der Waals surface area contributed by atoms with E-state index < -0.39 is 23.8 Å². The smallest absolute Gasteiger partial charge is 0.332 e. The Labute approximate surface area is 115 Å². The normalized spacial score (nSPS) is 21.7. The molecule has 20 heavy (non-hydrogen) atoms. The van der Waals surface area contributed by atoms with Gasteiger partial charge >= 0.3 is 5.97 Å². The fourth-order valence-corrected chi connectivity index (χ4v) is 2.16. The van der Waals surface area contributed by atoms with Crippen molar-refractivity contribution in [3.8, 4) is 0 Å². The summed E-state index contributed by atoms with van der Waals surface area (Å²) in [7, 11) is 0. The summed E-state index contributed by atoms with van der Waals surface area (Å²) in [5.74, 6) is -2.06. The monoisotopic (exact) mass is 281 g/mol. The number of hydrogen-bond acceptors (Lipinski definition) is 3. The van der Waals surface area contributed by atoms with E-state index in [0.29, 0.717) is 18.4 Å². The second kappa shape index (κ2) is 6.00. The Morgan fingerprint density at radius 3 is 2.85 bits per heavy atom. The Morgan fingerprint density at radius 1 is 1.45 bits per heavy atom. The lowest BCUT2D eigenvalue weighted by atomic mass is 10.1. The zero-order valence-electron chi connectivity index (χ0n) is 11.1. The minimum Gasteiger partial charge on any atom is -0.479 e. The van der Waals surface area contributed by atoms with Crippen molar-refractivity contribution in [2.24, 2.45) is 0 Å². The van der Waals surface area contributed by atoms with Crippen LogP contribution in [0.4, 0.5) is 4.39 Å². The quantitative estimate of drug-likeness (QED) is 0.877. The van der Waals surface area contributed by atoms with Crippen molar-refractivity contribution in [1.29, 1.82) is 0 Å². The second-order valence-electron chi connectivity index (χ2n) is 4.81. The highest BCUT2D eigenvalue weighted by molar-refractivity contribution is 5.94. The predicted octanol–water partition coefficient (Wildman–Crippen LogP) is 1.50. The molecule has 1 aliphatic rings. The van der Waals surface area contributed by atoms with Gasteiger partial charge in [0.1, 0.15) is 5.82 Å². The summed E-state index contributed by atoms with van der Waals surface area (Å²) in [4.78, 5) is 22.6. The van der Waals surface area contributed by atoms with E-state index in [4.69, 9.17) is 9.84 Å². The van der Waals surface area contributed by atoms with Crippen molar-refractivity contribution >= 4 is 11.9 Å². The number of benzene rings is 1. The van der Waals surface area contributed by atoms with E-state index in [2.05, 4.69) is 5.32 Å². The molecule has 0 bridgehead atoms. The molecule has 0 radical (unpaired) electrons. The average Bonchev–Trinajstić information content (AvgIpc) is 2.88. The summed E-state index contributed by atoms with van der Waals surface area (Å²) in [6, 6.07) is 4.61. The molecule has 1 saturated heterocycles. The second-order valence-corrected chi connectivity index (χ2v) is 4.81. The van der Waals surface area contributed by atoms with Crippen molar-refractivity contribution in [2.75, 3.05) is 6.54 Å². The molecule has 5 nitrogen and oxygen atoms in total. The minimum atomic E-state index is -0.997. The number of hydrogen-bond donors (Lipinski definition) is 2. The van der Waals surface area contributed by atoms with Gasteiger partial charge in [-0.3, -0.25) is 4.79 Å². The molecular weight excluding hydrogens is 265 g/mol. The fraction of sp³-hybridized carbons (Fsp3) is 0.429. The maximum Gasteiger partial charge on any atom is 0.332 e. The Bertz CT molecular complexity index is 532. The predicted molar refractivity (Wildman–Crippen MR) is 69.0 cm³/mol. The first kappa shape index (κ1) is 14.5. The van der Waals surface area contributed by atoms with Crippen LogP contribution in [0, 0.1) is 12.7 Å². The van der Waals surface area contributed by atoms with Gasteiger partial charge in [0.15, 0.2) is 6.10 Å². The molecule has 2 unspecified atom stereocenters. The van der Waals surface area contributed by atoms with Crippen LogP contribution in [0.25, 0.3) is 0 Å². The first-order valence-corrected chi connectivity index (χ1v) is 6.40. The van der Waals surface area contributed by atoms with Gasteiger partial charge in [0.05, 0.1) is 11.7 Å². The van der Waals surface area contributed by atoms with Gasteiger partial charge < -0.3 is 15.2 Å². The molecule has 0 aromatic heterocycles. The molecule has 1 heterocycles. The minimum absolute atomic E-state index is 0.0159. The number of carbonyl (C=O) groups is 2. The lowest BCUT2D eigenvalue weighted by molar-refractivity contribution is -0.149. The van der Waals surface area contributed by atoms with Crippen LogP contribution in [0.1, 0.15) is 28.8 Å². The number of ether oxygens (including phenoxy) is 1. The summed E-state index contributed by atoms with van der Waals surface area (Å²) in [6.07, 6.45) is -0.164. The van der Waals surface area contributed by atoms with Crippen LogP contribution in [-0.4, -0.2) is 35.7 Å². The highest BCUT2D eigenvalue weighted by Gasteiger charge is 2.30. The molecule has 1 aromatic rings. The standard InChI is InChI=1S/C14H16FNO4/c1-8-3-2-4-10(12(8)15)13(17)16-7-9-5-6-11(20-9)14(18)19/h2-4,9,11H,5-7H2,1H3,(H,16,17)(H,18,19). The van der Waals surface area contributed by atoms with Crippen LogP contribution in [0.2, 0.25) is 0 Å². The van der Waals surface area contributed by atoms with E-state index in [1.54, 1.807) is 19.1 Å². The van der Waals surface area contributed by atoms with Crippen LogP contribution >= 0.6 is 0 Å². The van der Waals surface area contributed by atoms with Crippen molar-refractivity contribution < 1.29 is 23.8 Å². The van der Waals surface area contributed by atoms with E-state index in [1.165, 1.54) is 6.07 Å². The number of carbonyl (C=O) groups excluding carboxylic acids is 1. The summed E-state index contributed by atoms with van der Waals surface area (Å²) in [6.45, 7) is 1.76. The van der Waals surface area contributed by atoms with E-state index in [0.717, 1.165) is 0 Å². The van der Waals surface area contributed by atoms with Crippen molar-refractivity contribution in [3.63, 3.8) is 0 Å². The Kier molecular flexibility index (Phi) is 4.34. The summed E-state index contributed by atoms with van der Waals surface area (Å²) < 4.78 is 19.0. The molecule has 2 N–H and O–H groups in total. The van der Waals surface area contributed by atoms with Gasteiger partial charge in [-0.1, -0.05) is 12.1 Å². The van der Waals surface area contributed by atoms with Gasteiger partial charge in [-0.2, -0.15) is 0 Å². The third-order valence-corrected chi connectivity index (χ3v) is 3.31. The van der Waals surface area contributed by atoms with Crippen LogP contribution in [0.5, 0.6) is 0 Å². The summed E-state index contributed by atoms with van der Waals surface area (Å²) >= 11 is 0. The number of halogens is 1. The van der Waals surface area contributed by atoms with Gasteiger partial charge in [0.2, 0.25) is 0 Å². The number of aryl methyl sites for hydroxylation is 1. The van der Waals surface area contributed by atoms with Gasteiger partial charge in [-0.05, 0) is 31.4 Å². The zero-order chi connectivity index (χ0) is 14.7. The van der Waals surface area contributed by atoms with E-state index in [9.17, 15) is 14.0 Å². The van der Waals surface area contributed by atoms with Gasteiger partial charge in [-0.25, -0.2) is 9.18 Å². The lowest BCUT2D eigenvalue weighted by Crippen LogP contribution is -2.33. The van der Waals surface area contributed by atoms with E-state index in [1.807, 2.05) is 0 Å². The number of carboxylic acids is 1. The Morgan fingerprint density at radius 2 is 2.20 bits per heavy atom. The number of nitrogens with one attached hydrogen (secondary N) is 1. The molecule has 2 atom stereocenters. The molecule has 2 rings (SSSR count). The molecule has 1 amide bonds. The van der Waals surface area contributed by atoms with E-state index >= 15 is 0 Å². The maximum absolute atomic E-state index is 13.8. The maximum atomic E-state index is 13.8. The van der Waals surface area contributed by atoms with Crippen LogP contribution in [-0.2, 0) is 9.53 Å². The van der Waals surface area contributed by atoms with Gasteiger partial charge in [0.25, 0.3) is 5.91 Å². The molecule has 0 saturated carbocycles. The highest BCUT2D eigenvalue weighted by atomic mass is 19.1. The van der Waals surface area contributed by atoms with Gasteiger partial charge in [-0.15, -0.1) is 0 Å². The molecule has 0 aliphatic carbocycles. The number of amides is 1. The molecular formula is C14H16FNO4. The number of aliphatic carboxylic acids is 1. The zero-order valence-corrected chi connectivity index (χ0v) is 11.1. The average molecular weight is 281 g/mol. The van der Waals surface area contributed by atoms with Gasteiger partial charge in [0, 0.05) is 6.54 Å². The Balaban J connectivity index is 1.90. The summed E-state index contributed by atoms with van der Waals surface area (Å²) in [5, 5.41) is 11.4. The highest BCUT2D eigenvalue weighted by Crippen LogP contribution is 2.19. The van der Waals surface area contributed by atoms with E-state index in [-0.39, 0.29) is 18.2 Å². The SMILES string of the molecule is Cc1cccc(C(=O)NCC2CCC(C(=O)O)O2)c1F.